The zero-order chi connectivity index (χ0) is 15.9. The molecule has 2 heterocycles. The van der Waals surface area contributed by atoms with Crippen LogP contribution in [0.1, 0.15) is 36.0 Å². The topological polar surface area (TPSA) is 66.8 Å². The van der Waals surface area contributed by atoms with Gasteiger partial charge >= 0.3 is 5.97 Å². The van der Waals surface area contributed by atoms with E-state index >= 15 is 0 Å². The SMILES string of the molecule is Cc1cc2c(cc1C)O[C@H](C(=O)N1CCCC[C@@H]1C(=O)O)C2. The molecule has 1 aromatic carbocycles. The van der Waals surface area contributed by atoms with Crippen LogP contribution in [0.4, 0.5) is 0 Å². The number of likely N-dealkylation sites (tertiary alicyclic amines) is 1. The number of carbonyl (C=O) groups excluding carboxylic acids is 1. The van der Waals surface area contributed by atoms with Gasteiger partial charge in [0.1, 0.15) is 11.8 Å². The average Bonchev–Trinajstić information content (AvgIpc) is 2.89. The summed E-state index contributed by atoms with van der Waals surface area (Å²) in [7, 11) is 0. The Morgan fingerprint density at radius 1 is 1.23 bits per heavy atom. The van der Waals surface area contributed by atoms with Crippen molar-refractivity contribution in [1.82, 2.24) is 4.90 Å². The van der Waals surface area contributed by atoms with Gasteiger partial charge in [-0.2, -0.15) is 0 Å². The summed E-state index contributed by atoms with van der Waals surface area (Å²) in [5, 5.41) is 9.31. The van der Waals surface area contributed by atoms with Gasteiger partial charge in [-0.05, 0) is 55.9 Å². The van der Waals surface area contributed by atoms with Gasteiger partial charge in [0.05, 0.1) is 0 Å². The maximum absolute atomic E-state index is 12.7. The second-order valence-corrected chi connectivity index (χ2v) is 6.24. The standard InChI is InChI=1S/C17H21NO4/c1-10-7-12-9-15(22-14(12)8-11(10)2)16(19)18-6-4-3-5-13(18)17(20)21/h7-8,13,15H,3-6,9H2,1-2H3,(H,20,21)/t13-,15+/m1/s1. The molecule has 0 bridgehead atoms. The second kappa shape index (κ2) is 5.63. The van der Waals surface area contributed by atoms with Gasteiger partial charge in [-0.25, -0.2) is 4.79 Å². The summed E-state index contributed by atoms with van der Waals surface area (Å²) < 4.78 is 5.80. The van der Waals surface area contributed by atoms with Crippen LogP contribution in [0.15, 0.2) is 12.1 Å². The lowest BCUT2D eigenvalue weighted by molar-refractivity contribution is -0.155. The van der Waals surface area contributed by atoms with Crippen molar-refractivity contribution in [2.24, 2.45) is 0 Å². The van der Waals surface area contributed by atoms with Crippen LogP contribution >= 0.6 is 0 Å². The summed E-state index contributed by atoms with van der Waals surface area (Å²) in [5.41, 5.74) is 3.34. The van der Waals surface area contributed by atoms with E-state index in [1.807, 2.05) is 19.9 Å². The first kappa shape index (κ1) is 14.9. The van der Waals surface area contributed by atoms with E-state index in [4.69, 9.17) is 4.74 Å². The number of aliphatic carboxylic acids is 1. The normalized spacial score (nSPS) is 23.8. The van der Waals surface area contributed by atoms with E-state index in [0.717, 1.165) is 29.7 Å². The Kier molecular flexibility index (Phi) is 3.81. The van der Waals surface area contributed by atoms with Gasteiger partial charge in [0, 0.05) is 13.0 Å². The molecule has 1 saturated heterocycles. The maximum atomic E-state index is 12.7. The lowest BCUT2D eigenvalue weighted by Crippen LogP contribution is -2.52. The maximum Gasteiger partial charge on any atom is 0.326 e. The molecule has 0 spiro atoms. The lowest BCUT2D eigenvalue weighted by atomic mass is 9.99. The summed E-state index contributed by atoms with van der Waals surface area (Å²) in [6.45, 7) is 4.55. The predicted molar refractivity (Wildman–Crippen MR) is 81.0 cm³/mol. The van der Waals surface area contributed by atoms with Gasteiger partial charge in [-0.3, -0.25) is 4.79 Å². The van der Waals surface area contributed by atoms with E-state index in [-0.39, 0.29) is 5.91 Å². The number of carboxylic acid groups (broad SMARTS) is 1. The number of amides is 1. The molecule has 1 N–H and O–H groups in total. The number of piperidine rings is 1. The van der Waals surface area contributed by atoms with Crippen molar-refractivity contribution in [3.8, 4) is 5.75 Å². The number of hydrogen-bond acceptors (Lipinski definition) is 3. The van der Waals surface area contributed by atoms with Gasteiger partial charge < -0.3 is 14.7 Å². The number of aryl methyl sites for hydroxylation is 2. The molecule has 0 unspecified atom stereocenters. The lowest BCUT2D eigenvalue weighted by Gasteiger charge is -2.34. The van der Waals surface area contributed by atoms with E-state index in [2.05, 4.69) is 6.07 Å². The quantitative estimate of drug-likeness (QED) is 0.908. The third-order valence-electron chi connectivity index (χ3n) is 4.70. The van der Waals surface area contributed by atoms with Crippen molar-refractivity contribution in [2.75, 3.05) is 6.54 Å². The van der Waals surface area contributed by atoms with Crippen molar-refractivity contribution in [2.45, 2.75) is 51.7 Å². The Morgan fingerprint density at radius 3 is 2.68 bits per heavy atom. The highest BCUT2D eigenvalue weighted by Crippen LogP contribution is 2.33. The van der Waals surface area contributed by atoms with E-state index in [1.54, 1.807) is 0 Å². The summed E-state index contributed by atoms with van der Waals surface area (Å²) in [5.74, 6) is -0.362. The van der Waals surface area contributed by atoms with Crippen LogP contribution in [-0.2, 0) is 16.0 Å². The fraction of sp³-hybridized carbons (Fsp3) is 0.529. The number of carboxylic acids is 1. The molecule has 118 valence electrons. The highest BCUT2D eigenvalue weighted by Gasteiger charge is 2.38. The minimum absolute atomic E-state index is 0.196. The average molecular weight is 303 g/mol. The van der Waals surface area contributed by atoms with Crippen molar-refractivity contribution in [3.05, 3.63) is 28.8 Å². The largest absolute Gasteiger partial charge is 0.480 e. The van der Waals surface area contributed by atoms with Crippen LogP contribution < -0.4 is 4.74 Å². The summed E-state index contributed by atoms with van der Waals surface area (Å²) in [6, 6.07) is 3.31. The molecule has 22 heavy (non-hydrogen) atoms. The van der Waals surface area contributed by atoms with Gasteiger partial charge in [-0.15, -0.1) is 0 Å². The number of carbonyl (C=O) groups is 2. The Balaban J connectivity index is 1.78. The minimum Gasteiger partial charge on any atom is -0.480 e. The Hall–Kier alpha value is -2.04. The molecule has 2 atom stereocenters. The van der Waals surface area contributed by atoms with E-state index in [1.165, 1.54) is 10.5 Å². The number of fused-ring (bicyclic) bond motifs is 1. The number of benzene rings is 1. The smallest absolute Gasteiger partial charge is 0.326 e. The van der Waals surface area contributed by atoms with Crippen LogP contribution in [0.5, 0.6) is 5.75 Å². The zero-order valence-electron chi connectivity index (χ0n) is 13.0. The summed E-state index contributed by atoms with van der Waals surface area (Å²) in [4.78, 5) is 25.5. The van der Waals surface area contributed by atoms with Gasteiger partial charge in [0.2, 0.25) is 0 Å². The third-order valence-corrected chi connectivity index (χ3v) is 4.70. The van der Waals surface area contributed by atoms with Crippen molar-refractivity contribution >= 4 is 11.9 Å². The predicted octanol–water partition coefficient (Wildman–Crippen LogP) is 2.07. The zero-order valence-corrected chi connectivity index (χ0v) is 13.0. The van der Waals surface area contributed by atoms with Crippen molar-refractivity contribution < 1.29 is 19.4 Å². The molecule has 0 saturated carbocycles. The Labute approximate surface area is 129 Å². The molecule has 2 aliphatic heterocycles. The van der Waals surface area contributed by atoms with Crippen molar-refractivity contribution in [1.29, 1.82) is 0 Å². The van der Waals surface area contributed by atoms with E-state index < -0.39 is 18.1 Å². The number of hydrogen-bond donors (Lipinski definition) is 1. The van der Waals surface area contributed by atoms with E-state index in [0.29, 0.717) is 19.4 Å². The minimum atomic E-state index is -0.921. The van der Waals surface area contributed by atoms with Gasteiger partial charge in [0.15, 0.2) is 6.10 Å². The Morgan fingerprint density at radius 2 is 1.95 bits per heavy atom. The molecular formula is C17H21NO4. The molecule has 5 heteroatoms. The highest BCUT2D eigenvalue weighted by molar-refractivity contribution is 5.87. The monoisotopic (exact) mass is 303 g/mol. The molecule has 1 aromatic rings. The molecule has 3 rings (SSSR count). The molecule has 1 amide bonds. The van der Waals surface area contributed by atoms with Crippen molar-refractivity contribution in [3.63, 3.8) is 0 Å². The third kappa shape index (κ3) is 2.56. The summed E-state index contributed by atoms with van der Waals surface area (Å²) >= 11 is 0. The molecule has 2 aliphatic rings. The van der Waals surface area contributed by atoms with Gasteiger partial charge in [0.25, 0.3) is 5.91 Å². The van der Waals surface area contributed by atoms with Crippen LogP contribution in [-0.4, -0.2) is 40.6 Å². The first-order chi connectivity index (χ1) is 10.5. The Bertz CT molecular complexity index is 594. The fourth-order valence-electron chi connectivity index (χ4n) is 3.29. The van der Waals surface area contributed by atoms with E-state index in [9.17, 15) is 14.7 Å². The van der Waals surface area contributed by atoms with Crippen LogP contribution in [0, 0.1) is 13.8 Å². The first-order valence-electron chi connectivity index (χ1n) is 7.77. The first-order valence-corrected chi connectivity index (χ1v) is 7.77. The van der Waals surface area contributed by atoms with Gasteiger partial charge in [-0.1, -0.05) is 6.07 Å². The molecule has 0 aliphatic carbocycles. The molecule has 0 aromatic heterocycles. The highest BCUT2D eigenvalue weighted by atomic mass is 16.5. The molecule has 1 fully saturated rings. The number of nitrogens with zero attached hydrogens (tertiary/aromatic N) is 1. The molecule has 0 radical (unpaired) electrons. The number of rotatable bonds is 2. The number of ether oxygens (including phenoxy) is 1. The fourth-order valence-corrected chi connectivity index (χ4v) is 3.29. The molecular weight excluding hydrogens is 282 g/mol. The van der Waals surface area contributed by atoms with Crippen LogP contribution in [0.3, 0.4) is 0 Å². The second-order valence-electron chi connectivity index (χ2n) is 6.24. The summed E-state index contributed by atoms with van der Waals surface area (Å²) in [6.07, 6.45) is 2.17. The van der Waals surface area contributed by atoms with Crippen LogP contribution in [0.25, 0.3) is 0 Å². The van der Waals surface area contributed by atoms with Crippen LogP contribution in [0.2, 0.25) is 0 Å². The molecule has 5 nitrogen and oxygen atoms in total.